The molecule has 1 atom stereocenters. The number of nitrogens with zero attached hydrogens (tertiary/aromatic N) is 1. The molecule has 1 saturated heterocycles. The van der Waals surface area contributed by atoms with Gasteiger partial charge < -0.3 is 19.1 Å². The second kappa shape index (κ2) is 16.2. The first kappa shape index (κ1) is 29.8. The van der Waals surface area contributed by atoms with Crippen LogP contribution in [0.2, 0.25) is 0 Å². The highest BCUT2D eigenvalue weighted by Crippen LogP contribution is 2.22. The summed E-state index contributed by atoms with van der Waals surface area (Å²) >= 11 is 0. The van der Waals surface area contributed by atoms with Crippen LogP contribution in [0.1, 0.15) is 90.5 Å². The van der Waals surface area contributed by atoms with E-state index in [0.29, 0.717) is 6.61 Å². The monoisotopic (exact) mass is 521 g/mol. The molecule has 0 aromatic heterocycles. The van der Waals surface area contributed by atoms with Crippen molar-refractivity contribution in [1.29, 1.82) is 0 Å². The van der Waals surface area contributed by atoms with E-state index in [9.17, 15) is 4.79 Å². The van der Waals surface area contributed by atoms with Gasteiger partial charge in [-0.3, -0.25) is 0 Å². The van der Waals surface area contributed by atoms with Crippen LogP contribution in [0.3, 0.4) is 0 Å². The molecule has 1 heterocycles. The van der Waals surface area contributed by atoms with E-state index >= 15 is 0 Å². The molecule has 0 radical (unpaired) electrons. The van der Waals surface area contributed by atoms with Crippen molar-refractivity contribution in [3.8, 4) is 11.5 Å². The number of benzene rings is 2. The Morgan fingerprint density at radius 3 is 2.26 bits per heavy atom. The van der Waals surface area contributed by atoms with Gasteiger partial charge in [0.25, 0.3) is 0 Å². The number of carbonyl (C=O) groups is 1. The van der Waals surface area contributed by atoms with Crippen LogP contribution in [-0.2, 0) is 9.47 Å². The highest BCUT2D eigenvalue weighted by Gasteiger charge is 2.32. The zero-order valence-corrected chi connectivity index (χ0v) is 23.7. The van der Waals surface area contributed by atoms with Crippen LogP contribution in [0.25, 0.3) is 6.08 Å². The fourth-order valence-corrected chi connectivity index (χ4v) is 4.63. The molecule has 5 heteroatoms. The van der Waals surface area contributed by atoms with Crippen molar-refractivity contribution in [3.63, 3.8) is 0 Å². The maximum Gasteiger partial charge on any atom is 0.410 e. The van der Waals surface area contributed by atoms with Crippen LogP contribution < -0.4 is 4.74 Å². The lowest BCUT2D eigenvalue weighted by molar-refractivity contribution is 0.0103. The molecule has 2 aromatic carbocycles. The van der Waals surface area contributed by atoms with Crippen molar-refractivity contribution in [2.45, 2.75) is 96.6 Å². The normalized spacial score (nSPS) is 15.8. The maximum absolute atomic E-state index is 12.4. The van der Waals surface area contributed by atoms with Crippen LogP contribution in [-0.4, -0.2) is 42.4 Å². The summed E-state index contributed by atoms with van der Waals surface area (Å²) in [7, 11) is 0. The quantitative estimate of drug-likeness (QED) is 0.219. The minimum atomic E-state index is -0.450. The first-order valence-electron chi connectivity index (χ1n) is 14.5. The van der Waals surface area contributed by atoms with Crippen molar-refractivity contribution < 1.29 is 19.0 Å². The number of likely N-dealkylation sites (tertiary alicyclic amines) is 1. The molecule has 1 amide bonds. The van der Waals surface area contributed by atoms with Gasteiger partial charge in [0.1, 0.15) is 17.1 Å². The Hall–Kier alpha value is -2.79. The van der Waals surface area contributed by atoms with Gasteiger partial charge in [0.05, 0.1) is 12.6 Å². The van der Waals surface area contributed by atoms with Gasteiger partial charge in [0, 0.05) is 13.2 Å². The van der Waals surface area contributed by atoms with E-state index in [2.05, 4.69) is 24.3 Å². The van der Waals surface area contributed by atoms with E-state index in [-0.39, 0.29) is 12.1 Å². The second-order valence-corrected chi connectivity index (χ2v) is 11.2. The molecule has 0 bridgehead atoms. The van der Waals surface area contributed by atoms with Gasteiger partial charge in [-0.1, -0.05) is 74.6 Å². The predicted octanol–water partition coefficient (Wildman–Crippen LogP) is 9.03. The van der Waals surface area contributed by atoms with Gasteiger partial charge >= 0.3 is 6.09 Å². The smallest absolute Gasteiger partial charge is 0.410 e. The number of amides is 1. The molecule has 0 saturated carbocycles. The first-order valence-corrected chi connectivity index (χ1v) is 14.5. The van der Waals surface area contributed by atoms with Gasteiger partial charge in [-0.15, -0.1) is 0 Å². The number of unbranched alkanes of at least 4 members (excludes halogenated alkanes) is 7. The minimum absolute atomic E-state index is 0.159. The van der Waals surface area contributed by atoms with Crippen molar-refractivity contribution in [1.82, 2.24) is 4.90 Å². The predicted molar refractivity (Wildman–Crippen MR) is 156 cm³/mol. The lowest BCUT2D eigenvalue weighted by Crippen LogP contribution is -2.41. The van der Waals surface area contributed by atoms with Crippen LogP contribution in [0.15, 0.2) is 60.7 Å². The SMILES string of the molecule is CC(C)(C)OC(=O)N1CCC[C@H]1COCCCCCCCCC/C=C/c1ccc(Oc2ccccc2)cc1. The second-order valence-electron chi connectivity index (χ2n) is 11.2. The molecule has 1 fully saturated rings. The summed E-state index contributed by atoms with van der Waals surface area (Å²) in [5.41, 5.74) is 0.756. The fraction of sp³-hybridized carbons (Fsp3) is 0.545. The molecule has 0 aliphatic carbocycles. The Balaban J connectivity index is 1.14. The Morgan fingerprint density at radius 1 is 0.895 bits per heavy atom. The standard InChI is InChI=1S/C33H47NO4/c1-33(2,3)38-32(35)34-25-16-18-29(34)27-36-26-15-10-8-6-4-5-7-9-12-17-28-21-23-31(24-22-28)37-30-19-13-11-14-20-30/h11-14,17,19-24,29H,4-10,15-16,18,25-27H2,1-3H3/b17-12+/t29-/m0/s1. The number of ether oxygens (including phenoxy) is 3. The molecule has 1 aliphatic heterocycles. The van der Waals surface area contributed by atoms with Crippen molar-refractivity contribution in [2.24, 2.45) is 0 Å². The molecule has 0 N–H and O–H groups in total. The van der Waals surface area contributed by atoms with E-state index in [1.165, 1.54) is 44.1 Å². The zero-order chi connectivity index (χ0) is 27.1. The number of carbonyl (C=O) groups excluding carboxylic acids is 1. The van der Waals surface area contributed by atoms with Crippen molar-refractivity contribution in [2.75, 3.05) is 19.8 Å². The van der Waals surface area contributed by atoms with Crippen LogP contribution in [0.4, 0.5) is 4.79 Å². The molecule has 208 valence electrons. The molecule has 1 aliphatic rings. The van der Waals surface area contributed by atoms with Crippen molar-refractivity contribution in [3.05, 3.63) is 66.2 Å². The van der Waals surface area contributed by atoms with Gasteiger partial charge in [-0.05, 0) is 82.7 Å². The molecular weight excluding hydrogens is 474 g/mol. The van der Waals surface area contributed by atoms with Gasteiger partial charge in [0.2, 0.25) is 0 Å². The summed E-state index contributed by atoms with van der Waals surface area (Å²) in [4.78, 5) is 14.2. The summed E-state index contributed by atoms with van der Waals surface area (Å²) in [6.07, 6.45) is 16.1. The summed E-state index contributed by atoms with van der Waals surface area (Å²) in [5.74, 6) is 1.72. The van der Waals surface area contributed by atoms with Gasteiger partial charge in [0.15, 0.2) is 0 Å². The number of hydrogen-bond acceptors (Lipinski definition) is 4. The Bertz CT molecular complexity index is 949. The summed E-state index contributed by atoms with van der Waals surface area (Å²) in [6.45, 7) is 7.91. The van der Waals surface area contributed by atoms with E-state index in [4.69, 9.17) is 14.2 Å². The third kappa shape index (κ3) is 11.7. The Labute approximate surface area is 230 Å². The van der Waals surface area contributed by atoms with E-state index in [1.54, 1.807) is 0 Å². The molecule has 0 spiro atoms. The average molecular weight is 522 g/mol. The van der Waals surface area contributed by atoms with Crippen LogP contribution >= 0.6 is 0 Å². The Kier molecular flexibility index (Phi) is 12.7. The van der Waals surface area contributed by atoms with E-state index in [0.717, 1.165) is 50.3 Å². The molecule has 3 rings (SSSR count). The third-order valence-electron chi connectivity index (χ3n) is 6.64. The average Bonchev–Trinajstić information content (AvgIpc) is 3.36. The summed E-state index contributed by atoms with van der Waals surface area (Å²) < 4.78 is 17.3. The van der Waals surface area contributed by atoms with Gasteiger partial charge in [-0.25, -0.2) is 4.79 Å². The molecule has 0 unspecified atom stereocenters. The molecular formula is C33H47NO4. The number of allylic oxidation sites excluding steroid dienone is 1. The summed E-state index contributed by atoms with van der Waals surface area (Å²) in [5, 5.41) is 0. The largest absolute Gasteiger partial charge is 0.457 e. The molecule has 5 nitrogen and oxygen atoms in total. The van der Waals surface area contributed by atoms with Crippen LogP contribution in [0.5, 0.6) is 11.5 Å². The number of para-hydroxylation sites is 1. The van der Waals surface area contributed by atoms with Crippen molar-refractivity contribution >= 4 is 12.2 Å². The Morgan fingerprint density at radius 2 is 1.55 bits per heavy atom. The molecule has 2 aromatic rings. The number of hydrogen-bond donors (Lipinski definition) is 0. The van der Waals surface area contributed by atoms with E-state index in [1.807, 2.05) is 68.1 Å². The third-order valence-corrected chi connectivity index (χ3v) is 6.64. The molecule has 38 heavy (non-hydrogen) atoms. The topological polar surface area (TPSA) is 48.0 Å². The lowest BCUT2D eigenvalue weighted by atomic mass is 10.1. The van der Waals surface area contributed by atoms with Gasteiger partial charge in [-0.2, -0.15) is 0 Å². The van der Waals surface area contributed by atoms with Crippen LogP contribution in [0, 0.1) is 0 Å². The summed E-state index contributed by atoms with van der Waals surface area (Å²) in [6, 6.07) is 18.3. The zero-order valence-electron chi connectivity index (χ0n) is 23.7. The first-order chi connectivity index (χ1) is 18.4. The lowest BCUT2D eigenvalue weighted by Gasteiger charge is -2.28. The highest BCUT2D eigenvalue weighted by molar-refractivity contribution is 5.69. The minimum Gasteiger partial charge on any atom is -0.457 e. The number of rotatable bonds is 15. The highest BCUT2D eigenvalue weighted by atomic mass is 16.6. The maximum atomic E-state index is 12.4. The fourth-order valence-electron chi connectivity index (χ4n) is 4.63. The van der Waals surface area contributed by atoms with E-state index < -0.39 is 5.60 Å².